The van der Waals surface area contributed by atoms with Gasteiger partial charge in [-0.1, -0.05) is 0 Å². The first-order valence-corrected chi connectivity index (χ1v) is 8.16. The minimum Gasteiger partial charge on any atom is -0.490 e. The van der Waals surface area contributed by atoms with Crippen molar-refractivity contribution in [3.8, 4) is 11.8 Å². The molecule has 7 nitrogen and oxygen atoms in total. The number of H-pyrrole nitrogens is 1. The first-order valence-electron chi connectivity index (χ1n) is 8.16. The largest absolute Gasteiger partial charge is 0.490 e. The van der Waals surface area contributed by atoms with Crippen LogP contribution in [0.2, 0.25) is 0 Å². The van der Waals surface area contributed by atoms with Gasteiger partial charge in [0.05, 0.1) is 17.4 Å². The number of hydrogen-bond acceptors (Lipinski definition) is 4. The molecule has 1 atom stereocenters. The van der Waals surface area contributed by atoms with Gasteiger partial charge in [0.25, 0.3) is 0 Å². The van der Waals surface area contributed by atoms with Crippen molar-refractivity contribution in [1.82, 2.24) is 15.5 Å². The third kappa shape index (κ3) is 5.53. The number of benzene rings is 1. The Bertz CT molecular complexity index is 776. The molecule has 0 saturated heterocycles. The van der Waals surface area contributed by atoms with E-state index in [1.165, 1.54) is 0 Å². The molecule has 2 amide bonds. The number of aromatic nitrogens is 2. The van der Waals surface area contributed by atoms with Gasteiger partial charge in [0.1, 0.15) is 11.8 Å². The lowest BCUT2D eigenvalue weighted by Gasteiger charge is -2.15. The van der Waals surface area contributed by atoms with Crippen molar-refractivity contribution >= 4 is 11.7 Å². The van der Waals surface area contributed by atoms with Crippen LogP contribution in [0.15, 0.2) is 24.3 Å². The Morgan fingerprint density at radius 2 is 2.12 bits per heavy atom. The van der Waals surface area contributed by atoms with E-state index >= 15 is 0 Å². The molecule has 2 aromatic rings. The summed E-state index contributed by atoms with van der Waals surface area (Å²) in [5.41, 5.74) is 2.80. The second-order valence-electron chi connectivity index (χ2n) is 6.24. The van der Waals surface area contributed by atoms with Gasteiger partial charge in [0.2, 0.25) is 0 Å². The summed E-state index contributed by atoms with van der Waals surface area (Å²) in [6, 6.07) is 8.60. The van der Waals surface area contributed by atoms with Crippen molar-refractivity contribution < 1.29 is 9.53 Å². The third-order valence-electron chi connectivity index (χ3n) is 3.37. The van der Waals surface area contributed by atoms with Crippen molar-refractivity contribution in [3.63, 3.8) is 0 Å². The number of nitrogens with zero attached hydrogens (tertiary/aromatic N) is 2. The molecule has 0 aliphatic heterocycles. The average Bonchev–Trinajstić information content (AvgIpc) is 2.92. The van der Waals surface area contributed by atoms with E-state index in [4.69, 9.17) is 4.74 Å². The van der Waals surface area contributed by atoms with Crippen LogP contribution >= 0.6 is 0 Å². The van der Waals surface area contributed by atoms with Crippen LogP contribution < -0.4 is 15.4 Å². The number of carbonyl (C=O) groups is 1. The topological polar surface area (TPSA) is 103 Å². The van der Waals surface area contributed by atoms with Crippen LogP contribution in [0.4, 0.5) is 10.5 Å². The molecule has 132 valence electrons. The Kier molecular flexibility index (Phi) is 6.01. The third-order valence-corrected chi connectivity index (χ3v) is 3.37. The lowest BCUT2D eigenvalue weighted by Crippen LogP contribution is -2.37. The summed E-state index contributed by atoms with van der Waals surface area (Å²) >= 11 is 0. The molecule has 0 fully saturated rings. The summed E-state index contributed by atoms with van der Waals surface area (Å²) in [5, 5.41) is 21.9. The lowest BCUT2D eigenvalue weighted by molar-refractivity contribution is 0.241. The molecule has 1 aromatic carbocycles. The van der Waals surface area contributed by atoms with Crippen molar-refractivity contribution in [3.05, 3.63) is 41.2 Å². The Hall–Kier alpha value is -3.01. The van der Waals surface area contributed by atoms with E-state index in [0.29, 0.717) is 23.4 Å². The Balaban J connectivity index is 1.94. The van der Waals surface area contributed by atoms with E-state index in [-0.39, 0.29) is 18.2 Å². The zero-order chi connectivity index (χ0) is 18.4. The maximum Gasteiger partial charge on any atom is 0.319 e. The number of amides is 2. The number of rotatable bonds is 6. The van der Waals surface area contributed by atoms with E-state index in [0.717, 1.165) is 11.4 Å². The fraction of sp³-hybridized carbons (Fsp3) is 0.389. The minimum atomic E-state index is -0.332. The van der Waals surface area contributed by atoms with E-state index in [9.17, 15) is 10.1 Å². The fourth-order valence-corrected chi connectivity index (χ4v) is 2.39. The van der Waals surface area contributed by atoms with E-state index in [1.807, 2.05) is 33.8 Å². The van der Waals surface area contributed by atoms with Crippen molar-refractivity contribution in [2.45, 2.75) is 46.3 Å². The van der Waals surface area contributed by atoms with Gasteiger partial charge >= 0.3 is 6.03 Å². The molecule has 0 bridgehead atoms. The predicted octanol–water partition coefficient (Wildman–Crippen LogP) is 3.13. The van der Waals surface area contributed by atoms with Crippen LogP contribution in [0.5, 0.6) is 5.75 Å². The molecule has 25 heavy (non-hydrogen) atoms. The second kappa shape index (κ2) is 8.20. The van der Waals surface area contributed by atoms with Crippen molar-refractivity contribution in [2.75, 3.05) is 5.32 Å². The van der Waals surface area contributed by atoms with Gasteiger partial charge in [0.15, 0.2) is 0 Å². The maximum atomic E-state index is 12.1. The maximum absolute atomic E-state index is 12.1. The minimum absolute atomic E-state index is 0.0271. The molecule has 0 saturated carbocycles. The highest BCUT2D eigenvalue weighted by Crippen LogP contribution is 2.23. The number of nitrogens with one attached hydrogen (secondary N) is 3. The van der Waals surface area contributed by atoms with E-state index < -0.39 is 0 Å². The molecule has 0 unspecified atom stereocenters. The first-order chi connectivity index (χ1) is 11.9. The Labute approximate surface area is 147 Å². The summed E-state index contributed by atoms with van der Waals surface area (Å²) in [4.78, 5) is 12.1. The molecule has 3 N–H and O–H groups in total. The highest BCUT2D eigenvalue weighted by molar-refractivity contribution is 5.89. The van der Waals surface area contributed by atoms with Gasteiger partial charge < -0.3 is 15.4 Å². The van der Waals surface area contributed by atoms with Gasteiger partial charge in [-0.25, -0.2) is 4.79 Å². The van der Waals surface area contributed by atoms with Crippen LogP contribution in [-0.2, 0) is 6.42 Å². The van der Waals surface area contributed by atoms with Crippen molar-refractivity contribution in [1.29, 1.82) is 5.26 Å². The van der Waals surface area contributed by atoms with Crippen LogP contribution in [0, 0.1) is 18.3 Å². The summed E-state index contributed by atoms with van der Waals surface area (Å²) < 4.78 is 5.57. The number of hydrogen-bond donors (Lipinski definition) is 3. The van der Waals surface area contributed by atoms with Gasteiger partial charge in [-0.2, -0.15) is 10.4 Å². The monoisotopic (exact) mass is 341 g/mol. The number of ether oxygens (including phenoxy) is 1. The molecule has 0 aliphatic rings. The second-order valence-corrected chi connectivity index (χ2v) is 6.24. The Morgan fingerprint density at radius 3 is 2.72 bits per heavy atom. The predicted molar refractivity (Wildman–Crippen MR) is 95.6 cm³/mol. The number of anilines is 1. The molecule has 0 radical (unpaired) electrons. The van der Waals surface area contributed by atoms with Gasteiger partial charge in [-0.3, -0.25) is 5.10 Å². The highest BCUT2D eigenvalue weighted by atomic mass is 16.5. The average molecular weight is 341 g/mol. The summed E-state index contributed by atoms with van der Waals surface area (Å²) in [6.07, 6.45) is 0.600. The van der Waals surface area contributed by atoms with Crippen LogP contribution in [0.25, 0.3) is 0 Å². The molecule has 2 rings (SSSR count). The fourth-order valence-electron chi connectivity index (χ4n) is 2.39. The quantitative estimate of drug-likeness (QED) is 0.751. The summed E-state index contributed by atoms with van der Waals surface area (Å²) in [7, 11) is 0. The Morgan fingerprint density at radius 1 is 1.36 bits per heavy atom. The molecular formula is C18H23N5O2. The number of urea groups is 1. The normalized spacial score (nSPS) is 11.7. The van der Waals surface area contributed by atoms with Crippen molar-refractivity contribution in [2.24, 2.45) is 0 Å². The van der Waals surface area contributed by atoms with E-state index in [2.05, 4.69) is 26.9 Å². The number of nitriles is 1. The summed E-state index contributed by atoms with van der Waals surface area (Å²) in [6.45, 7) is 7.62. The molecule has 1 heterocycles. The SMILES string of the molecule is Cc1cc(C[C@@H](C)NC(=O)Nc2ccc(OC(C)C)c(C#N)c2)n[nH]1. The number of aromatic amines is 1. The van der Waals surface area contributed by atoms with Gasteiger partial charge in [0, 0.05) is 23.8 Å². The van der Waals surface area contributed by atoms with E-state index in [1.54, 1.807) is 18.2 Å². The van der Waals surface area contributed by atoms with Gasteiger partial charge in [-0.15, -0.1) is 0 Å². The zero-order valence-electron chi connectivity index (χ0n) is 14.9. The molecule has 1 aromatic heterocycles. The smallest absolute Gasteiger partial charge is 0.319 e. The molecular weight excluding hydrogens is 318 g/mol. The van der Waals surface area contributed by atoms with Crippen LogP contribution in [0.1, 0.15) is 37.7 Å². The molecule has 0 aliphatic carbocycles. The molecule has 7 heteroatoms. The first kappa shape index (κ1) is 18.3. The zero-order valence-corrected chi connectivity index (χ0v) is 14.9. The standard InChI is InChI=1S/C18H23N5O2/c1-11(2)25-17-6-5-15(9-14(17)10-19)21-18(24)20-12(3)7-16-8-13(4)22-23-16/h5-6,8-9,11-12H,7H2,1-4H3,(H,22,23)(H2,20,21,24)/t12-/m1/s1. The number of aryl methyl sites for hydroxylation is 1. The van der Waals surface area contributed by atoms with Crippen LogP contribution in [-0.4, -0.2) is 28.4 Å². The van der Waals surface area contributed by atoms with Gasteiger partial charge in [-0.05, 0) is 52.0 Å². The number of carbonyl (C=O) groups excluding carboxylic acids is 1. The summed E-state index contributed by atoms with van der Waals surface area (Å²) in [5.74, 6) is 0.505. The van der Waals surface area contributed by atoms with Crippen LogP contribution in [0.3, 0.4) is 0 Å². The highest BCUT2D eigenvalue weighted by Gasteiger charge is 2.12. The lowest BCUT2D eigenvalue weighted by atomic mass is 10.2. The molecule has 0 spiro atoms.